The van der Waals surface area contributed by atoms with Crippen LogP contribution in [0.4, 0.5) is 0 Å². The lowest BCUT2D eigenvalue weighted by Gasteiger charge is -2.23. The number of thiocarbonyl (C=S) groups is 1. The molecule has 0 bridgehead atoms. The Balaban J connectivity index is 2.02. The number of benzene rings is 1. The second kappa shape index (κ2) is 5.30. The van der Waals surface area contributed by atoms with Gasteiger partial charge in [0.2, 0.25) is 0 Å². The highest BCUT2D eigenvalue weighted by Crippen LogP contribution is 2.23. The Kier molecular flexibility index (Phi) is 3.78. The van der Waals surface area contributed by atoms with E-state index in [1.807, 2.05) is 24.3 Å². The molecular weight excluding hydrogens is 218 g/mol. The van der Waals surface area contributed by atoms with Crippen LogP contribution in [0, 0.1) is 0 Å². The minimum atomic E-state index is 0.371. The first-order chi connectivity index (χ1) is 7.75. The molecule has 0 amide bonds. The Morgan fingerprint density at radius 2 is 2.00 bits per heavy atom. The third-order valence-electron chi connectivity index (χ3n) is 2.97. The molecular formula is C13H17NOS. The Bertz CT molecular complexity index is 372. The third kappa shape index (κ3) is 2.95. The molecule has 0 saturated heterocycles. The Hall–Kier alpha value is -1.09. The fourth-order valence-electron chi connectivity index (χ4n) is 2.10. The van der Waals surface area contributed by atoms with Crippen molar-refractivity contribution in [2.75, 3.05) is 0 Å². The first kappa shape index (κ1) is 11.4. The summed E-state index contributed by atoms with van der Waals surface area (Å²) in [6, 6.07) is 7.75. The highest BCUT2D eigenvalue weighted by atomic mass is 32.1. The van der Waals surface area contributed by atoms with Crippen molar-refractivity contribution < 1.29 is 4.74 Å². The zero-order valence-electron chi connectivity index (χ0n) is 9.32. The van der Waals surface area contributed by atoms with Crippen LogP contribution in [0.1, 0.15) is 37.7 Å². The van der Waals surface area contributed by atoms with E-state index in [9.17, 15) is 0 Å². The van der Waals surface area contributed by atoms with Gasteiger partial charge in [0.25, 0.3) is 0 Å². The molecule has 1 aromatic carbocycles. The summed E-state index contributed by atoms with van der Waals surface area (Å²) in [4.78, 5) is 0.425. The molecule has 0 unspecified atom stereocenters. The van der Waals surface area contributed by atoms with Crippen molar-refractivity contribution in [3.8, 4) is 5.75 Å². The first-order valence-electron chi connectivity index (χ1n) is 5.82. The van der Waals surface area contributed by atoms with Crippen LogP contribution in [0.25, 0.3) is 0 Å². The summed E-state index contributed by atoms with van der Waals surface area (Å²) in [6.45, 7) is 0. The number of hydrogen-bond donors (Lipinski definition) is 1. The molecule has 1 aliphatic carbocycles. The number of ether oxygens (including phenoxy) is 1. The Labute approximate surface area is 102 Å². The van der Waals surface area contributed by atoms with Crippen LogP contribution in [-0.4, -0.2) is 11.1 Å². The van der Waals surface area contributed by atoms with Crippen LogP contribution >= 0.6 is 12.2 Å². The van der Waals surface area contributed by atoms with E-state index in [0.717, 1.165) is 24.2 Å². The van der Waals surface area contributed by atoms with E-state index in [2.05, 4.69) is 0 Å². The molecule has 86 valence electrons. The zero-order valence-corrected chi connectivity index (χ0v) is 10.1. The van der Waals surface area contributed by atoms with Crippen LogP contribution in [0.3, 0.4) is 0 Å². The Morgan fingerprint density at radius 3 is 2.69 bits per heavy atom. The summed E-state index contributed by atoms with van der Waals surface area (Å²) in [6.07, 6.45) is 6.59. The van der Waals surface area contributed by atoms with Gasteiger partial charge in [-0.1, -0.05) is 30.8 Å². The SMILES string of the molecule is NC(=S)c1cccc(OC2CCCCC2)c1. The van der Waals surface area contributed by atoms with E-state index in [0.29, 0.717) is 11.1 Å². The average molecular weight is 235 g/mol. The molecule has 1 saturated carbocycles. The predicted molar refractivity (Wildman–Crippen MR) is 69.8 cm³/mol. The number of nitrogens with two attached hydrogens (primary N) is 1. The summed E-state index contributed by atoms with van der Waals surface area (Å²) in [5.41, 5.74) is 6.47. The average Bonchev–Trinajstić information content (AvgIpc) is 2.30. The van der Waals surface area contributed by atoms with Gasteiger partial charge in [-0.2, -0.15) is 0 Å². The Morgan fingerprint density at radius 1 is 1.25 bits per heavy atom. The molecule has 3 heteroatoms. The summed E-state index contributed by atoms with van der Waals surface area (Å²) in [5.74, 6) is 0.886. The van der Waals surface area contributed by atoms with E-state index in [4.69, 9.17) is 22.7 Å². The first-order valence-corrected chi connectivity index (χ1v) is 6.23. The topological polar surface area (TPSA) is 35.2 Å². The molecule has 1 aliphatic rings. The fraction of sp³-hybridized carbons (Fsp3) is 0.462. The van der Waals surface area contributed by atoms with Gasteiger partial charge in [0, 0.05) is 5.56 Å². The maximum absolute atomic E-state index is 5.93. The molecule has 0 heterocycles. The monoisotopic (exact) mass is 235 g/mol. The van der Waals surface area contributed by atoms with Gasteiger partial charge >= 0.3 is 0 Å². The normalized spacial score (nSPS) is 17.0. The molecule has 0 spiro atoms. The molecule has 2 N–H and O–H groups in total. The van der Waals surface area contributed by atoms with E-state index in [-0.39, 0.29) is 0 Å². The lowest BCUT2D eigenvalue weighted by Crippen LogP contribution is -2.19. The van der Waals surface area contributed by atoms with E-state index in [1.165, 1.54) is 19.3 Å². The lowest BCUT2D eigenvalue weighted by atomic mass is 9.98. The van der Waals surface area contributed by atoms with E-state index < -0.39 is 0 Å². The van der Waals surface area contributed by atoms with Crippen molar-refractivity contribution in [3.63, 3.8) is 0 Å². The second-order valence-corrected chi connectivity index (χ2v) is 4.71. The van der Waals surface area contributed by atoms with Crippen LogP contribution in [-0.2, 0) is 0 Å². The van der Waals surface area contributed by atoms with Gasteiger partial charge in [-0.3, -0.25) is 0 Å². The van der Waals surface area contributed by atoms with Crippen molar-refractivity contribution in [2.24, 2.45) is 5.73 Å². The van der Waals surface area contributed by atoms with Gasteiger partial charge in [-0.25, -0.2) is 0 Å². The summed E-state index contributed by atoms with van der Waals surface area (Å²) in [5, 5.41) is 0. The van der Waals surface area contributed by atoms with Crippen LogP contribution in [0.2, 0.25) is 0 Å². The van der Waals surface area contributed by atoms with Crippen molar-refractivity contribution in [2.45, 2.75) is 38.2 Å². The van der Waals surface area contributed by atoms with E-state index in [1.54, 1.807) is 0 Å². The van der Waals surface area contributed by atoms with Crippen molar-refractivity contribution in [3.05, 3.63) is 29.8 Å². The molecule has 0 radical (unpaired) electrons. The van der Waals surface area contributed by atoms with Crippen molar-refractivity contribution >= 4 is 17.2 Å². The quantitative estimate of drug-likeness (QED) is 0.818. The third-order valence-corrected chi connectivity index (χ3v) is 3.21. The highest BCUT2D eigenvalue weighted by molar-refractivity contribution is 7.80. The van der Waals surface area contributed by atoms with Gasteiger partial charge in [-0.05, 0) is 37.8 Å². The maximum atomic E-state index is 5.93. The van der Waals surface area contributed by atoms with Gasteiger partial charge in [0.1, 0.15) is 10.7 Å². The standard InChI is InChI=1S/C13H17NOS/c14-13(16)10-5-4-8-12(9-10)15-11-6-2-1-3-7-11/h4-5,8-9,11H,1-3,6-7H2,(H2,14,16). The van der Waals surface area contributed by atoms with Crippen LogP contribution < -0.4 is 10.5 Å². The number of rotatable bonds is 3. The molecule has 0 aliphatic heterocycles. The molecule has 2 rings (SSSR count). The predicted octanol–water partition coefficient (Wildman–Crippen LogP) is 3.03. The minimum absolute atomic E-state index is 0.371. The van der Waals surface area contributed by atoms with Crippen molar-refractivity contribution in [1.29, 1.82) is 0 Å². The molecule has 16 heavy (non-hydrogen) atoms. The van der Waals surface area contributed by atoms with Gasteiger partial charge in [0.05, 0.1) is 6.10 Å². The molecule has 1 aromatic rings. The molecule has 1 fully saturated rings. The maximum Gasteiger partial charge on any atom is 0.120 e. The van der Waals surface area contributed by atoms with Crippen LogP contribution in [0.15, 0.2) is 24.3 Å². The second-order valence-electron chi connectivity index (χ2n) is 4.27. The van der Waals surface area contributed by atoms with Gasteiger partial charge in [0.15, 0.2) is 0 Å². The smallest absolute Gasteiger partial charge is 0.120 e. The van der Waals surface area contributed by atoms with E-state index >= 15 is 0 Å². The molecule has 2 nitrogen and oxygen atoms in total. The zero-order chi connectivity index (χ0) is 11.4. The molecule has 0 atom stereocenters. The minimum Gasteiger partial charge on any atom is -0.490 e. The molecule has 0 aromatic heterocycles. The largest absolute Gasteiger partial charge is 0.490 e. The highest BCUT2D eigenvalue weighted by Gasteiger charge is 2.14. The van der Waals surface area contributed by atoms with Crippen LogP contribution in [0.5, 0.6) is 5.75 Å². The van der Waals surface area contributed by atoms with Gasteiger partial charge in [-0.15, -0.1) is 0 Å². The fourth-order valence-corrected chi connectivity index (χ4v) is 2.23. The summed E-state index contributed by atoms with van der Waals surface area (Å²) >= 11 is 4.95. The van der Waals surface area contributed by atoms with Crippen molar-refractivity contribution in [1.82, 2.24) is 0 Å². The summed E-state index contributed by atoms with van der Waals surface area (Å²) < 4.78 is 5.93. The summed E-state index contributed by atoms with van der Waals surface area (Å²) in [7, 11) is 0. The number of hydrogen-bond acceptors (Lipinski definition) is 2. The lowest BCUT2D eigenvalue weighted by molar-refractivity contribution is 0.155. The van der Waals surface area contributed by atoms with Gasteiger partial charge < -0.3 is 10.5 Å².